The van der Waals surface area contributed by atoms with Crippen LogP contribution in [0.2, 0.25) is 0 Å². The van der Waals surface area contributed by atoms with Crippen LogP contribution in [0.25, 0.3) is 10.1 Å². The molecule has 1 atom stereocenters. The molecule has 96 valence electrons. The third-order valence-electron chi connectivity index (χ3n) is 4.34. The van der Waals surface area contributed by atoms with E-state index in [2.05, 4.69) is 36.6 Å². The molecule has 18 heavy (non-hydrogen) atoms. The van der Waals surface area contributed by atoms with Crippen LogP contribution in [0, 0.1) is 11.8 Å². The molecule has 1 saturated carbocycles. The molecule has 3 rings (SSSR count). The second-order valence-corrected chi connectivity index (χ2v) is 6.57. The van der Waals surface area contributed by atoms with Gasteiger partial charge in [-0.25, -0.2) is 0 Å². The van der Waals surface area contributed by atoms with Gasteiger partial charge in [0.15, 0.2) is 0 Å². The number of fused-ring (bicyclic) bond motifs is 1. The molecule has 1 unspecified atom stereocenters. The topological polar surface area (TPSA) is 20.2 Å². The van der Waals surface area contributed by atoms with Gasteiger partial charge in [-0.15, -0.1) is 11.3 Å². The molecular weight excluding hydrogens is 240 g/mol. The molecule has 0 spiro atoms. The summed E-state index contributed by atoms with van der Waals surface area (Å²) in [4.78, 5) is 0. The van der Waals surface area contributed by atoms with Crippen LogP contribution < -0.4 is 0 Å². The third kappa shape index (κ3) is 2.19. The maximum atomic E-state index is 10.7. The van der Waals surface area contributed by atoms with Crippen molar-refractivity contribution in [1.29, 1.82) is 0 Å². The van der Waals surface area contributed by atoms with Crippen LogP contribution in [0.1, 0.15) is 44.3 Å². The van der Waals surface area contributed by atoms with Gasteiger partial charge < -0.3 is 5.11 Å². The van der Waals surface area contributed by atoms with Crippen LogP contribution in [-0.2, 0) is 0 Å². The fraction of sp³-hybridized carbons (Fsp3) is 0.500. The van der Waals surface area contributed by atoms with Crippen molar-refractivity contribution in [2.45, 2.75) is 38.7 Å². The van der Waals surface area contributed by atoms with Gasteiger partial charge in [-0.1, -0.05) is 38.0 Å². The molecule has 1 heterocycles. The quantitative estimate of drug-likeness (QED) is 0.825. The van der Waals surface area contributed by atoms with Crippen LogP contribution >= 0.6 is 11.3 Å². The van der Waals surface area contributed by atoms with E-state index in [4.69, 9.17) is 0 Å². The van der Waals surface area contributed by atoms with Gasteiger partial charge in [0.1, 0.15) is 0 Å². The molecule has 2 heteroatoms. The van der Waals surface area contributed by atoms with Crippen LogP contribution in [0.4, 0.5) is 0 Å². The molecule has 1 N–H and O–H groups in total. The largest absolute Gasteiger partial charge is 0.388 e. The lowest BCUT2D eigenvalue weighted by atomic mass is 9.78. The Balaban J connectivity index is 1.87. The Kier molecular flexibility index (Phi) is 3.40. The highest BCUT2D eigenvalue weighted by atomic mass is 32.1. The summed E-state index contributed by atoms with van der Waals surface area (Å²) in [7, 11) is 0. The van der Waals surface area contributed by atoms with E-state index < -0.39 is 0 Å². The van der Waals surface area contributed by atoms with Crippen molar-refractivity contribution in [2.24, 2.45) is 11.8 Å². The molecule has 1 aromatic carbocycles. The number of hydrogen-bond acceptors (Lipinski definition) is 2. The summed E-state index contributed by atoms with van der Waals surface area (Å²) in [6.07, 6.45) is 4.60. The van der Waals surface area contributed by atoms with Crippen molar-refractivity contribution in [3.63, 3.8) is 0 Å². The first-order valence-corrected chi connectivity index (χ1v) is 7.78. The minimum absolute atomic E-state index is 0.278. The zero-order valence-electron chi connectivity index (χ0n) is 10.8. The van der Waals surface area contributed by atoms with Crippen molar-refractivity contribution in [3.8, 4) is 0 Å². The second-order valence-electron chi connectivity index (χ2n) is 5.65. The molecule has 1 nitrogen and oxygen atoms in total. The fourth-order valence-electron chi connectivity index (χ4n) is 3.10. The van der Waals surface area contributed by atoms with Gasteiger partial charge in [0.2, 0.25) is 0 Å². The van der Waals surface area contributed by atoms with Crippen molar-refractivity contribution < 1.29 is 5.11 Å². The molecule has 0 aliphatic heterocycles. The van der Waals surface area contributed by atoms with Crippen LogP contribution in [0.5, 0.6) is 0 Å². The van der Waals surface area contributed by atoms with Crippen molar-refractivity contribution in [1.82, 2.24) is 0 Å². The molecular formula is C16H20OS. The number of benzene rings is 1. The highest BCUT2D eigenvalue weighted by Gasteiger charge is 2.26. The zero-order chi connectivity index (χ0) is 12.5. The number of aliphatic hydroxyl groups excluding tert-OH is 1. The van der Waals surface area contributed by atoms with E-state index in [1.54, 1.807) is 11.3 Å². The molecule has 1 fully saturated rings. The molecule has 1 aliphatic carbocycles. The predicted molar refractivity (Wildman–Crippen MR) is 77.9 cm³/mol. The first-order chi connectivity index (χ1) is 8.75. The first-order valence-electron chi connectivity index (χ1n) is 6.90. The lowest BCUT2D eigenvalue weighted by molar-refractivity contribution is 0.0768. The Morgan fingerprint density at radius 1 is 1.17 bits per heavy atom. The standard InChI is InChI=1S/C16H20OS/c1-11-5-7-12(8-6-11)15(17)14-4-2-3-13-9-10-18-16(13)14/h2-4,9-12,15,17H,5-8H2,1H3. The first kappa shape index (κ1) is 12.2. The molecule has 1 aliphatic rings. The Labute approximate surface area is 112 Å². The Morgan fingerprint density at radius 2 is 1.94 bits per heavy atom. The number of thiophene rings is 1. The SMILES string of the molecule is CC1CCC(C(O)c2cccc3ccsc23)CC1. The molecule has 1 aromatic heterocycles. The Bertz CT molecular complexity index is 523. The van der Waals surface area contributed by atoms with Gasteiger partial charge in [0.05, 0.1) is 6.10 Å². The lowest BCUT2D eigenvalue weighted by Gasteiger charge is -2.30. The van der Waals surface area contributed by atoms with Gasteiger partial charge in [-0.3, -0.25) is 0 Å². The van der Waals surface area contributed by atoms with E-state index in [0.717, 1.165) is 11.5 Å². The average Bonchev–Trinajstić information content (AvgIpc) is 2.87. The summed E-state index contributed by atoms with van der Waals surface area (Å²) in [6.45, 7) is 2.32. The van der Waals surface area contributed by atoms with E-state index in [0.29, 0.717) is 5.92 Å². The van der Waals surface area contributed by atoms with Gasteiger partial charge in [0.25, 0.3) is 0 Å². The number of hydrogen-bond donors (Lipinski definition) is 1. The van der Waals surface area contributed by atoms with Gasteiger partial charge in [-0.05, 0) is 47.1 Å². The normalized spacial score (nSPS) is 26.3. The summed E-state index contributed by atoms with van der Waals surface area (Å²) in [6, 6.07) is 8.44. The summed E-state index contributed by atoms with van der Waals surface area (Å²) in [5.41, 5.74) is 1.14. The number of aliphatic hydroxyl groups is 1. The highest BCUT2D eigenvalue weighted by Crippen LogP contribution is 2.39. The van der Waals surface area contributed by atoms with E-state index in [1.165, 1.54) is 35.8 Å². The minimum Gasteiger partial charge on any atom is -0.388 e. The smallest absolute Gasteiger partial charge is 0.0832 e. The van der Waals surface area contributed by atoms with Crippen molar-refractivity contribution >= 4 is 21.4 Å². The van der Waals surface area contributed by atoms with Crippen molar-refractivity contribution in [2.75, 3.05) is 0 Å². The third-order valence-corrected chi connectivity index (χ3v) is 5.31. The molecule has 0 bridgehead atoms. The van der Waals surface area contributed by atoms with E-state index in [-0.39, 0.29) is 6.10 Å². The van der Waals surface area contributed by atoms with Crippen LogP contribution in [-0.4, -0.2) is 5.11 Å². The van der Waals surface area contributed by atoms with Crippen molar-refractivity contribution in [3.05, 3.63) is 35.2 Å². The van der Waals surface area contributed by atoms with Crippen LogP contribution in [0.3, 0.4) is 0 Å². The van der Waals surface area contributed by atoms with E-state index in [1.807, 2.05) is 0 Å². The van der Waals surface area contributed by atoms with Gasteiger partial charge in [-0.2, -0.15) is 0 Å². The summed E-state index contributed by atoms with van der Waals surface area (Å²) >= 11 is 1.75. The monoisotopic (exact) mass is 260 g/mol. The summed E-state index contributed by atoms with van der Waals surface area (Å²) in [5, 5.41) is 14.0. The average molecular weight is 260 g/mol. The van der Waals surface area contributed by atoms with Gasteiger partial charge >= 0.3 is 0 Å². The lowest BCUT2D eigenvalue weighted by Crippen LogP contribution is -2.19. The molecule has 0 saturated heterocycles. The fourth-order valence-corrected chi connectivity index (χ4v) is 4.05. The predicted octanol–water partition coefficient (Wildman–Crippen LogP) is 4.76. The molecule has 0 radical (unpaired) electrons. The zero-order valence-corrected chi connectivity index (χ0v) is 11.6. The molecule has 0 amide bonds. The minimum atomic E-state index is -0.278. The Morgan fingerprint density at radius 3 is 2.72 bits per heavy atom. The summed E-state index contributed by atoms with van der Waals surface area (Å²) < 4.78 is 1.27. The van der Waals surface area contributed by atoms with E-state index in [9.17, 15) is 5.11 Å². The van der Waals surface area contributed by atoms with Gasteiger partial charge in [0, 0.05) is 4.70 Å². The van der Waals surface area contributed by atoms with E-state index >= 15 is 0 Å². The number of rotatable bonds is 2. The Hall–Kier alpha value is -0.860. The molecule has 2 aromatic rings. The van der Waals surface area contributed by atoms with Crippen LogP contribution in [0.15, 0.2) is 29.6 Å². The second kappa shape index (κ2) is 5.02. The maximum absolute atomic E-state index is 10.7. The highest BCUT2D eigenvalue weighted by molar-refractivity contribution is 7.17. The maximum Gasteiger partial charge on any atom is 0.0832 e. The summed E-state index contributed by atoms with van der Waals surface area (Å²) in [5.74, 6) is 1.29.